The summed E-state index contributed by atoms with van der Waals surface area (Å²) in [4.78, 5) is 27.9. The summed E-state index contributed by atoms with van der Waals surface area (Å²) in [5, 5.41) is 12.4. The Balaban J connectivity index is 2.08. The average molecular weight is 396 g/mol. The predicted molar refractivity (Wildman–Crippen MR) is 98.2 cm³/mol. The molecule has 1 aromatic heterocycles. The second-order valence-electron chi connectivity index (χ2n) is 5.79. The highest BCUT2D eigenvalue weighted by Crippen LogP contribution is 2.23. The number of aromatic nitrogens is 1. The molecule has 9 heteroatoms. The van der Waals surface area contributed by atoms with Crippen LogP contribution in [0.4, 0.5) is 0 Å². The molecule has 2 N–H and O–H groups in total. The lowest BCUT2D eigenvalue weighted by Crippen LogP contribution is -2.28. The fourth-order valence-electron chi connectivity index (χ4n) is 2.36. The minimum absolute atomic E-state index is 0.00497. The van der Waals surface area contributed by atoms with Crippen molar-refractivity contribution in [3.05, 3.63) is 45.4 Å². The van der Waals surface area contributed by atoms with Gasteiger partial charge >= 0.3 is 5.97 Å². The number of carbonyl (C=O) groups is 2. The molecule has 0 fully saturated rings. The van der Waals surface area contributed by atoms with E-state index in [2.05, 4.69) is 10.3 Å². The standard InChI is InChI=1S/C17H20N2O5S2/c1-4-26(23,24)13-7-5-6-12(8-13)9-14(20)18-11(3)16-19-10(2)15(25-16)17(21)22/h5-8,11H,4,9H2,1-3H3,(H,18,20)(H,21,22). The quantitative estimate of drug-likeness (QED) is 0.743. The van der Waals surface area contributed by atoms with Crippen molar-refractivity contribution in [1.82, 2.24) is 10.3 Å². The Hall–Kier alpha value is -2.26. The lowest BCUT2D eigenvalue weighted by atomic mass is 10.1. The van der Waals surface area contributed by atoms with Crippen molar-refractivity contribution in [3.63, 3.8) is 0 Å². The van der Waals surface area contributed by atoms with Gasteiger partial charge in [-0.2, -0.15) is 0 Å². The fourth-order valence-corrected chi connectivity index (χ4v) is 4.21. The Kier molecular flexibility index (Phi) is 6.14. The van der Waals surface area contributed by atoms with E-state index in [4.69, 9.17) is 5.11 Å². The molecule has 0 aliphatic rings. The second kappa shape index (κ2) is 7.96. The first kappa shape index (κ1) is 20.1. The number of amides is 1. The monoisotopic (exact) mass is 396 g/mol. The van der Waals surface area contributed by atoms with E-state index in [-0.39, 0.29) is 27.9 Å². The summed E-state index contributed by atoms with van der Waals surface area (Å²) in [6.07, 6.45) is 0.0214. The van der Waals surface area contributed by atoms with Crippen molar-refractivity contribution in [1.29, 1.82) is 0 Å². The van der Waals surface area contributed by atoms with Crippen molar-refractivity contribution in [2.75, 3.05) is 5.75 Å². The molecular formula is C17H20N2O5S2. The van der Waals surface area contributed by atoms with Crippen LogP contribution in [0.25, 0.3) is 0 Å². The van der Waals surface area contributed by atoms with Crippen molar-refractivity contribution in [3.8, 4) is 0 Å². The molecule has 7 nitrogen and oxygen atoms in total. The van der Waals surface area contributed by atoms with Gasteiger partial charge in [0.05, 0.1) is 28.8 Å². The number of nitrogens with zero attached hydrogens (tertiary/aromatic N) is 1. The van der Waals surface area contributed by atoms with Crippen LogP contribution in [-0.4, -0.2) is 36.1 Å². The van der Waals surface area contributed by atoms with Gasteiger partial charge < -0.3 is 10.4 Å². The zero-order chi connectivity index (χ0) is 19.5. The maximum Gasteiger partial charge on any atom is 0.347 e. The molecule has 0 saturated heterocycles. The van der Waals surface area contributed by atoms with Crippen molar-refractivity contribution in [2.24, 2.45) is 0 Å². The normalized spacial score (nSPS) is 12.6. The van der Waals surface area contributed by atoms with Crippen LogP contribution in [0.3, 0.4) is 0 Å². The lowest BCUT2D eigenvalue weighted by molar-refractivity contribution is -0.121. The molecule has 0 aliphatic carbocycles. The highest BCUT2D eigenvalue weighted by atomic mass is 32.2. The number of carboxylic acids is 1. The average Bonchev–Trinajstić information content (AvgIpc) is 2.97. The van der Waals surface area contributed by atoms with Gasteiger partial charge in [0.2, 0.25) is 5.91 Å². The van der Waals surface area contributed by atoms with Crippen molar-refractivity contribution < 1.29 is 23.1 Å². The zero-order valence-electron chi connectivity index (χ0n) is 14.6. The molecule has 0 radical (unpaired) electrons. The molecule has 26 heavy (non-hydrogen) atoms. The van der Waals surface area contributed by atoms with E-state index in [1.54, 1.807) is 32.9 Å². The first-order valence-corrected chi connectivity index (χ1v) is 10.4. The number of carboxylic acid groups (broad SMARTS) is 1. The van der Waals surface area contributed by atoms with Crippen LogP contribution >= 0.6 is 11.3 Å². The SMILES string of the molecule is CCS(=O)(=O)c1cccc(CC(=O)NC(C)c2nc(C)c(C(=O)O)s2)c1. The number of carbonyl (C=O) groups excluding carboxylic acids is 1. The minimum atomic E-state index is -3.33. The number of aryl methyl sites for hydroxylation is 1. The van der Waals surface area contributed by atoms with Gasteiger partial charge in [0.25, 0.3) is 0 Å². The largest absolute Gasteiger partial charge is 0.477 e. The van der Waals surface area contributed by atoms with Crippen LogP contribution < -0.4 is 5.32 Å². The molecule has 2 aromatic rings. The molecule has 0 bridgehead atoms. The Morgan fingerprint density at radius 3 is 2.62 bits per heavy atom. The molecule has 0 spiro atoms. The maximum absolute atomic E-state index is 12.3. The first-order chi connectivity index (χ1) is 12.1. The number of hydrogen-bond acceptors (Lipinski definition) is 6. The zero-order valence-corrected chi connectivity index (χ0v) is 16.3. The van der Waals surface area contributed by atoms with Gasteiger partial charge in [-0.3, -0.25) is 4.79 Å². The molecule has 1 atom stereocenters. The molecule has 0 saturated carbocycles. The third-order valence-corrected chi connectivity index (χ3v) is 6.82. The Labute approximate surface area is 156 Å². The number of rotatable bonds is 7. The molecule has 0 aliphatic heterocycles. The smallest absolute Gasteiger partial charge is 0.347 e. The first-order valence-electron chi connectivity index (χ1n) is 7.95. The highest BCUT2D eigenvalue weighted by Gasteiger charge is 2.19. The van der Waals surface area contributed by atoms with E-state index in [1.807, 2.05) is 0 Å². The molecule has 1 aromatic carbocycles. The summed E-state index contributed by atoms with van der Waals surface area (Å²) in [5.41, 5.74) is 1.00. The highest BCUT2D eigenvalue weighted by molar-refractivity contribution is 7.91. The summed E-state index contributed by atoms with van der Waals surface area (Å²) in [5.74, 6) is -1.35. The van der Waals surface area contributed by atoms with Crippen LogP contribution in [0.5, 0.6) is 0 Å². The summed E-state index contributed by atoms with van der Waals surface area (Å²) in [7, 11) is -3.33. The Morgan fingerprint density at radius 2 is 2.04 bits per heavy atom. The van der Waals surface area contributed by atoms with Gasteiger partial charge in [-0.1, -0.05) is 19.1 Å². The van der Waals surface area contributed by atoms with Gasteiger partial charge in [0, 0.05) is 0 Å². The number of benzene rings is 1. The van der Waals surface area contributed by atoms with Crippen LogP contribution in [0.2, 0.25) is 0 Å². The van der Waals surface area contributed by atoms with E-state index < -0.39 is 21.8 Å². The molecule has 2 rings (SSSR count). The third kappa shape index (κ3) is 4.67. The third-order valence-electron chi connectivity index (χ3n) is 3.76. The van der Waals surface area contributed by atoms with Crippen LogP contribution in [0.15, 0.2) is 29.2 Å². The Bertz CT molecular complexity index is 934. The number of aromatic carboxylic acids is 1. The van der Waals surface area contributed by atoms with Crippen LogP contribution in [0, 0.1) is 6.92 Å². The summed E-state index contributed by atoms with van der Waals surface area (Å²) < 4.78 is 23.9. The molecule has 140 valence electrons. The van der Waals surface area contributed by atoms with E-state index in [0.717, 1.165) is 11.3 Å². The van der Waals surface area contributed by atoms with Gasteiger partial charge in [-0.25, -0.2) is 18.2 Å². The van der Waals surface area contributed by atoms with Gasteiger partial charge in [0.15, 0.2) is 9.84 Å². The molecule has 1 heterocycles. The molecule has 1 unspecified atom stereocenters. The lowest BCUT2D eigenvalue weighted by Gasteiger charge is -2.11. The number of hydrogen-bond donors (Lipinski definition) is 2. The van der Waals surface area contributed by atoms with Crippen molar-refractivity contribution in [2.45, 2.75) is 38.1 Å². The van der Waals surface area contributed by atoms with E-state index in [0.29, 0.717) is 16.3 Å². The molecule has 1 amide bonds. The minimum Gasteiger partial charge on any atom is -0.477 e. The number of sulfone groups is 1. The van der Waals surface area contributed by atoms with E-state index >= 15 is 0 Å². The summed E-state index contributed by atoms with van der Waals surface area (Å²) >= 11 is 1.03. The van der Waals surface area contributed by atoms with Crippen LogP contribution in [0.1, 0.15) is 45.8 Å². The predicted octanol–water partition coefficient (Wildman–Crippen LogP) is 2.36. The van der Waals surface area contributed by atoms with E-state index in [9.17, 15) is 18.0 Å². The van der Waals surface area contributed by atoms with E-state index in [1.165, 1.54) is 12.1 Å². The Morgan fingerprint density at radius 1 is 1.35 bits per heavy atom. The van der Waals surface area contributed by atoms with Gasteiger partial charge in [-0.15, -0.1) is 11.3 Å². The maximum atomic E-state index is 12.3. The second-order valence-corrected chi connectivity index (χ2v) is 9.10. The van der Waals surface area contributed by atoms with Gasteiger partial charge in [-0.05, 0) is 31.5 Å². The molecular weight excluding hydrogens is 376 g/mol. The van der Waals surface area contributed by atoms with Crippen LogP contribution in [-0.2, 0) is 21.1 Å². The van der Waals surface area contributed by atoms with Gasteiger partial charge in [0.1, 0.15) is 9.88 Å². The number of thiazole rings is 1. The summed E-state index contributed by atoms with van der Waals surface area (Å²) in [6, 6.07) is 5.86. The summed E-state index contributed by atoms with van der Waals surface area (Å²) in [6.45, 7) is 4.90. The topological polar surface area (TPSA) is 113 Å². The number of nitrogens with one attached hydrogen (secondary N) is 1. The van der Waals surface area contributed by atoms with Crippen molar-refractivity contribution >= 4 is 33.1 Å². The fraction of sp³-hybridized carbons (Fsp3) is 0.353.